The highest BCUT2D eigenvalue weighted by atomic mass is 16.4. The highest BCUT2D eigenvalue weighted by Crippen LogP contribution is 2.20. The summed E-state index contributed by atoms with van der Waals surface area (Å²) < 4.78 is 0. The molecule has 2 heteroatoms. The summed E-state index contributed by atoms with van der Waals surface area (Å²) in [5, 5.41) is 10.3. The van der Waals surface area contributed by atoms with Gasteiger partial charge < -0.3 is 9.90 Å². The van der Waals surface area contributed by atoms with Gasteiger partial charge >= 0.3 is 0 Å². The fraction of sp³-hybridized carbons (Fsp3) is 0.417. The van der Waals surface area contributed by atoms with E-state index < -0.39 is 5.97 Å². The second-order valence-corrected chi connectivity index (χ2v) is 3.72. The summed E-state index contributed by atoms with van der Waals surface area (Å²) in [7, 11) is 0. The molecule has 1 atom stereocenters. The number of hydrogen-bond donors (Lipinski definition) is 0. The second-order valence-electron chi connectivity index (χ2n) is 3.72. The minimum absolute atomic E-state index is 0.134. The quantitative estimate of drug-likeness (QED) is 0.725. The SMILES string of the molecule is Cc1ccc([C@H](C)CCC(=O)[O-])cc1. The van der Waals surface area contributed by atoms with Gasteiger partial charge in [-0.25, -0.2) is 0 Å². The molecule has 0 heterocycles. The van der Waals surface area contributed by atoms with Gasteiger partial charge in [-0.1, -0.05) is 36.8 Å². The number of carbonyl (C=O) groups excluding carboxylic acids is 1. The summed E-state index contributed by atoms with van der Waals surface area (Å²) in [6.07, 6.45) is 0.778. The molecule has 0 fully saturated rings. The largest absolute Gasteiger partial charge is 0.550 e. The van der Waals surface area contributed by atoms with Crippen LogP contribution >= 0.6 is 0 Å². The van der Waals surface area contributed by atoms with E-state index >= 15 is 0 Å². The second kappa shape index (κ2) is 4.80. The molecule has 2 nitrogen and oxygen atoms in total. The van der Waals surface area contributed by atoms with Crippen molar-refractivity contribution in [3.05, 3.63) is 35.4 Å². The molecular formula is C12H15O2-. The molecule has 0 aliphatic carbocycles. The Bertz CT molecular complexity index is 301. The first kappa shape index (κ1) is 10.8. The number of hydrogen-bond acceptors (Lipinski definition) is 2. The van der Waals surface area contributed by atoms with Gasteiger partial charge in [0.2, 0.25) is 0 Å². The van der Waals surface area contributed by atoms with Crippen molar-refractivity contribution in [2.75, 3.05) is 0 Å². The Labute approximate surface area is 84.6 Å². The molecule has 0 amide bonds. The lowest BCUT2D eigenvalue weighted by Gasteiger charge is -2.12. The Balaban J connectivity index is 2.56. The number of carboxylic acids is 1. The van der Waals surface area contributed by atoms with Gasteiger partial charge in [0.05, 0.1) is 0 Å². The Hall–Kier alpha value is -1.31. The summed E-state index contributed by atoms with van der Waals surface area (Å²) >= 11 is 0. The number of carbonyl (C=O) groups is 1. The molecule has 1 aromatic rings. The Morgan fingerprint density at radius 2 is 1.93 bits per heavy atom. The van der Waals surface area contributed by atoms with Crippen molar-refractivity contribution in [1.82, 2.24) is 0 Å². The van der Waals surface area contributed by atoms with E-state index in [1.54, 1.807) is 0 Å². The van der Waals surface area contributed by atoms with Crippen LogP contribution in [0, 0.1) is 6.92 Å². The molecule has 0 aromatic heterocycles. The third kappa shape index (κ3) is 3.21. The van der Waals surface area contributed by atoms with Crippen LogP contribution in [-0.2, 0) is 4.79 Å². The smallest absolute Gasteiger partial charge is 0.0414 e. The zero-order valence-corrected chi connectivity index (χ0v) is 8.62. The Kier molecular flexibility index (Phi) is 3.69. The first-order chi connectivity index (χ1) is 6.59. The molecule has 0 saturated carbocycles. The van der Waals surface area contributed by atoms with Crippen molar-refractivity contribution in [3.63, 3.8) is 0 Å². The van der Waals surface area contributed by atoms with Crippen molar-refractivity contribution >= 4 is 5.97 Å². The number of carboxylic acid groups (broad SMARTS) is 1. The molecule has 14 heavy (non-hydrogen) atoms. The molecule has 0 N–H and O–H groups in total. The molecule has 0 unspecified atom stereocenters. The average Bonchev–Trinajstić information content (AvgIpc) is 2.15. The van der Waals surface area contributed by atoms with Crippen molar-refractivity contribution < 1.29 is 9.90 Å². The maximum atomic E-state index is 10.3. The van der Waals surface area contributed by atoms with E-state index in [9.17, 15) is 9.90 Å². The lowest BCUT2D eigenvalue weighted by atomic mass is 9.95. The first-order valence-corrected chi connectivity index (χ1v) is 4.86. The van der Waals surface area contributed by atoms with E-state index in [0.29, 0.717) is 6.42 Å². The fourth-order valence-corrected chi connectivity index (χ4v) is 1.40. The molecule has 1 aromatic carbocycles. The van der Waals surface area contributed by atoms with Gasteiger partial charge in [-0.05, 0) is 31.2 Å². The zero-order valence-electron chi connectivity index (χ0n) is 8.62. The predicted molar refractivity (Wildman–Crippen MR) is 53.8 cm³/mol. The lowest BCUT2D eigenvalue weighted by molar-refractivity contribution is -0.305. The monoisotopic (exact) mass is 191 g/mol. The molecule has 0 bridgehead atoms. The topological polar surface area (TPSA) is 40.1 Å². The number of benzene rings is 1. The normalized spacial score (nSPS) is 12.4. The summed E-state index contributed by atoms with van der Waals surface area (Å²) in [5.74, 6) is -0.683. The fourth-order valence-electron chi connectivity index (χ4n) is 1.40. The summed E-state index contributed by atoms with van der Waals surface area (Å²) in [4.78, 5) is 10.3. The third-order valence-corrected chi connectivity index (χ3v) is 2.43. The molecule has 0 radical (unpaired) electrons. The van der Waals surface area contributed by atoms with Crippen molar-refractivity contribution in [2.45, 2.75) is 32.6 Å². The van der Waals surface area contributed by atoms with E-state index in [1.165, 1.54) is 11.1 Å². The van der Waals surface area contributed by atoms with E-state index in [-0.39, 0.29) is 12.3 Å². The van der Waals surface area contributed by atoms with Crippen molar-refractivity contribution in [2.24, 2.45) is 0 Å². The minimum Gasteiger partial charge on any atom is -0.550 e. The maximum Gasteiger partial charge on any atom is 0.0414 e. The van der Waals surface area contributed by atoms with Crippen LogP contribution in [0.25, 0.3) is 0 Å². The van der Waals surface area contributed by atoms with Crippen LogP contribution in [0.15, 0.2) is 24.3 Å². The van der Waals surface area contributed by atoms with Gasteiger partial charge in [0.25, 0.3) is 0 Å². The third-order valence-electron chi connectivity index (χ3n) is 2.43. The molecule has 1 rings (SSSR count). The number of aliphatic carboxylic acids is 1. The Morgan fingerprint density at radius 3 is 2.43 bits per heavy atom. The minimum atomic E-state index is -0.969. The van der Waals surface area contributed by atoms with E-state index in [0.717, 1.165) is 0 Å². The van der Waals surface area contributed by atoms with Gasteiger partial charge in [0.15, 0.2) is 0 Å². The van der Waals surface area contributed by atoms with Crippen LogP contribution in [-0.4, -0.2) is 5.97 Å². The van der Waals surface area contributed by atoms with Crippen LogP contribution in [0.1, 0.15) is 36.8 Å². The standard InChI is InChI=1S/C12H16O2/c1-9-3-6-11(7-4-9)10(2)5-8-12(13)14/h3-4,6-7,10H,5,8H2,1-2H3,(H,13,14)/p-1/t10-/m1/s1. The van der Waals surface area contributed by atoms with Crippen molar-refractivity contribution in [1.29, 1.82) is 0 Å². The van der Waals surface area contributed by atoms with Crippen LogP contribution in [0.2, 0.25) is 0 Å². The average molecular weight is 191 g/mol. The highest BCUT2D eigenvalue weighted by Gasteiger charge is 2.04. The van der Waals surface area contributed by atoms with Gasteiger partial charge in [0, 0.05) is 5.97 Å². The van der Waals surface area contributed by atoms with E-state index in [2.05, 4.69) is 12.1 Å². The molecule has 0 spiro atoms. The highest BCUT2D eigenvalue weighted by molar-refractivity contribution is 5.64. The maximum absolute atomic E-state index is 10.3. The summed E-state index contributed by atoms with van der Waals surface area (Å²) in [6.45, 7) is 4.07. The first-order valence-electron chi connectivity index (χ1n) is 4.86. The van der Waals surface area contributed by atoms with E-state index in [1.807, 2.05) is 26.0 Å². The van der Waals surface area contributed by atoms with Crippen LogP contribution < -0.4 is 5.11 Å². The predicted octanol–water partition coefficient (Wildman–Crippen LogP) is 1.63. The summed E-state index contributed by atoms with van der Waals surface area (Å²) in [6, 6.07) is 8.19. The van der Waals surface area contributed by atoms with E-state index in [4.69, 9.17) is 0 Å². The molecular weight excluding hydrogens is 176 g/mol. The molecule has 0 saturated heterocycles. The van der Waals surface area contributed by atoms with Crippen molar-refractivity contribution in [3.8, 4) is 0 Å². The molecule has 0 aliphatic rings. The number of aryl methyl sites for hydroxylation is 1. The molecule has 0 aliphatic heterocycles. The van der Waals surface area contributed by atoms with Gasteiger partial charge in [-0.15, -0.1) is 0 Å². The Morgan fingerprint density at radius 1 is 1.36 bits per heavy atom. The van der Waals surface area contributed by atoms with Crippen LogP contribution in [0.3, 0.4) is 0 Å². The van der Waals surface area contributed by atoms with Crippen LogP contribution in [0.4, 0.5) is 0 Å². The molecule has 76 valence electrons. The van der Waals surface area contributed by atoms with Gasteiger partial charge in [-0.2, -0.15) is 0 Å². The zero-order chi connectivity index (χ0) is 10.6. The van der Waals surface area contributed by atoms with Gasteiger partial charge in [-0.3, -0.25) is 0 Å². The van der Waals surface area contributed by atoms with Gasteiger partial charge in [0.1, 0.15) is 0 Å². The summed E-state index contributed by atoms with van der Waals surface area (Å²) in [5.41, 5.74) is 2.41. The lowest BCUT2D eigenvalue weighted by Crippen LogP contribution is -2.22. The van der Waals surface area contributed by atoms with Crippen LogP contribution in [0.5, 0.6) is 0 Å². The number of rotatable bonds is 4.